The van der Waals surface area contributed by atoms with Crippen LogP contribution >= 0.6 is 0 Å². The van der Waals surface area contributed by atoms with Crippen LogP contribution in [0.3, 0.4) is 0 Å². The van der Waals surface area contributed by atoms with E-state index in [4.69, 9.17) is 5.21 Å². The molecule has 1 saturated heterocycles. The van der Waals surface area contributed by atoms with E-state index in [1.54, 1.807) is 17.7 Å². The number of carbonyl (C=O) groups excluding carboxylic acids is 2. The maximum Gasteiger partial charge on any atom is 0.274 e. The molecule has 1 unspecified atom stereocenters. The Morgan fingerprint density at radius 2 is 2.07 bits per heavy atom. The van der Waals surface area contributed by atoms with E-state index in [1.165, 1.54) is 5.56 Å². The molecular formula is C22H27N3O3. The summed E-state index contributed by atoms with van der Waals surface area (Å²) in [7, 11) is 0. The van der Waals surface area contributed by atoms with Crippen LogP contribution in [-0.2, 0) is 24.2 Å². The molecule has 2 heterocycles. The van der Waals surface area contributed by atoms with Gasteiger partial charge in [-0.3, -0.25) is 19.8 Å². The van der Waals surface area contributed by atoms with Crippen molar-refractivity contribution in [3.8, 4) is 0 Å². The van der Waals surface area contributed by atoms with Crippen LogP contribution in [0.4, 0.5) is 0 Å². The fourth-order valence-corrected chi connectivity index (χ4v) is 4.25. The highest BCUT2D eigenvalue weighted by molar-refractivity contribution is 5.93. The lowest BCUT2D eigenvalue weighted by Crippen LogP contribution is -2.33. The maximum atomic E-state index is 12.6. The number of fused-ring (bicyclic) bond motifs is 1. The Hall–Kier alpha value is -2.73. The Bertz CT molecular complexity index is 853. The van der Waals surface area contributed by atoms with Gasteiger partial charge in [-0.05, 0) is 54.2 Å². The van der Waals surface area contributed by atoms with Crippen molar-refractivity contribution in [1.82, 2.24) is 15.4 Å². The summed E-state index contributed by atoms with van der Waals surface area (Å²) in [6.07, 6.45) is 6.74. The molecule has 6 nitrogen and oxygen atoms in total. The zero-order valence-electron chi connectivity index (χ0n) is 16.4. The molecule has 1 fully saturated rings. The lowest BCUT2D eigenvalue weighted by molar-refractivity contribution is -0.128. The van der Waals surface area contributed by atoms with Crippen molar-refractivity contribution in [3.63, 3.8) is 0 Å². The van der Waals surface area contributed by atoms with Gasteiger partial charge in [-0.1, -0.05) is 26.0 Å². The molecule has 2 amide bonds. The molecule has 0 bridgehead atoms. The van der Waals surface area contributed by atoms with Crippen molar-refractivity contribution in [3.05, 3.63) is 65.0 Å². The van der Waals surface area contributed by atoms with Gasteiger partial charge in [-0.2, -0.15) is 0 Å². The zero-order chi connectivity index (χ0) is 20.1. The quantitative estimate of drug-likeness (QED) is 0.632. The predicted molar refractivity (Wildman–Crippen MR) is 106 cm³/mol. The second-order valence-electron chi connectivity index (χ2n) is 7.39. The molecule has 1 aliphatic heterocycles. The standard InChI is InChI=1S/C20H21N3O3.C2H6/c24-18-10-20(13-23(18)12-14-2-1-7-21-11-14)6-5-15-8-16(19(25)22-26)3-4-17(15)9-20;1-2/h1-4,7-8,11,26H,5-6,9-10,12-13H2,(H,22,25);1-2H3. The highest BCUT2D eigenvalue weighted by atomic mass is 16.5. The summed E-state index contributed by atoms with van der Waals surface area (Å²) in [6, 6.07) is 9.42. The molecule has 4 rings (SSSR count). The summed E-state index contributed by atoms with van der Waals surface area (Å²) in [6.45, 7) is 5.37. The largest absolute Gasteiger partial charge is 0.338 e. The number of amides is 2. The Morgan fingerprint density at radius 1 is 1.25 bits per heavy atom. The van der Waals surface area contributed by atoms with E-state index in [0.29, 0.717) is 18.5 Å². The van der Waals surface area contributed by atoms with Gasteiger partial charge in [0.05, 0.1) is 0 Å². The molecule has 1 spiro atoms. The number of nitrogens with zero attached hydrogens (tertiary/aromatic N) is 2. The Labute approximate surface area is 165 Å². The molecule has 0 saturated carbocycles. The van der Waals surface area contributed by atoms with Gasteiger partial charge in [0.2, 0.25) is 5.91 Å². The second-order valence-corrected chi connectivity index (χ2v) is 7.39. The average Bonchev–Trinajstić information content (AvgIpc) is 3.03. The molecule has 148 valence electrons. The second kappa shape index (κ2) is 8.52. The van der Waals surface area contributed by atoms with Crippen LogP contribution in [0.5, 0.6) is 0 Å². The summed E-state index contributed by atoms with van der Waals surface area (Å²) in [5.74, 6) is -0.291. The third-order valence-corrected chi connectivity index (χ3v) is 5.56. The molecule has 1 aromatic heterocycles. The number of carbonyl (C=O) groups is 2. The number of likely N-dealkylation sites (tertiary alicyclic amines) is 1. The van der Waals surface area contributed by atoms with Gasteiger partial charge in [0.25, 0.3) is 5.91 Å². The Balaban J connectivity index is 0.00000109. The lowest BCUT2D eigenvalue weighted by Gasteiger charge is -2.34. The van der Waals surface area contributed by atoms with Gasteiger partial charge < -0.3 is 4.90 Å². The summed E-state index contributed by atoms with van der Waals surface area (Å²) >= 11 is 0. The van der Waals surface area contributed by atoms with Gasteiger partial charge in [0.15, 0.2) is 0 Å². The van der Waals surface area contributed by atoms with Crippen molar-refractivity contribution in [2.24, 2.45) is 5.41 Å². The van der Waals surface area contributed by atoms with E-state index in [2.05, 4.69) is 4.98 Å². The molecule has 1 atom stereocenters. The lowest BCUT2D eigenvalue weighted by atomic mass is 9.70. The number of benzene rings is 1. The number of hydrogen-bond acceptors (Lipinski definition) is 4. The molecular weight excluding hydrogens is 354 g/mol. The van der Waals surface area contributed by atoms with Crippen LogP contribution < -0.4 is 5.48 Å². The fourth-order valence-electron chi connectivity index (χ4n) is 4.25. The fraction of sp³-hybridized carbons (Fsp3) is 0.409. The minimum absolute atomic E-state index is 0.0208. The van der Waals surface area contributed by atoms with Gasteiger partial charge in [0.1, 0.15) is 0 Å². The highest BCUT2D eigenvalue weighted by Crippen LogP contribution is 2.43. The monoisotopic (exact) mass is 381 g/mol. The van der Waals surface area contributed by atoms with Crippen LogP contribution in [0.15, 0.2) is 42.7 Å². The Morgan fingerprint density at radius 3 is 2.79 bits per heavy atom. The summed E-state index contributed by atoms with van der Waals surface area (Å²) < 4.78 is 0. The Kier molecular flexibility index (Phi) is 6.09. The molecule has 2 N–H and O–H groups in total. The van der Waals surface area contributed by atoms with Crippen LogP contribution in [0.1, 0.15) is 53.7 Å². The van der Waals surface area contributed by atoms with E-state index < -0.39 is 5.91 Å². The van der Waals surface area contributed by atoms with Crippen LogP contribution in [-0.4, -0.2) is 33.5 Å². The third-order valence-electron chi connectivity index (χ3n) is 5.56. The number of nitrogens with one attached hydrogen (secondary N) is 1. The first kappa shape index (κ1) is 20.0. The molecule has 6 heteroatoms. The van der Waals surface area contributed by atoms with E-state index >= 15 is 0 Å². The number of hydrogen-bond donors (Lipinski definition) is 2. The summed E-state index contributed by atoms with van der Waals surface area (Å²) in [5.41, 5.74) is 5.50. The van der Waals surface area contributed by atoms with Gasteiger partial charge >= 0.3 is 0 Å². The number of pyridine rings is 1. The first-order chi connectivity index (χ1) is 13.6. The van der Waals surface area contributed by atoms with Crippen LogP contribution in [0.25, 0.3) is 0 Å². The molecule has 2 aromatic rings. The summed E-state index contributed by atoms with van der Waals surface area (Å²) in [5, 5.41) is 8.79. The predicted octanol–water partition coefficient (Wildman–Crippen LogP) is 3.13. The molecule has 1 aromatic carbocycles. The van der Waals surface area contributed by atoms with Crippen molar-refractivity contribution >= 4 is 11.8 Å². The first-order valence-corrected chi connectivity index (χ1v) is 9.81. The molecule has 28 heavy (non-hydrogen) atoms. The van der Waals surface area contributed by atoms with Crippen molar-refractivity contribution in [1.29, 1.82) is 0 Å². The third kappa shape index (κ3) is 4.07. The van der Waals surface area contributed by atoms with E-state index in [-0.39, 0.29) is 11.3 Å². The maximum absolute atomic E-state index is 12.6. The smallest absolute Gasteiger partial charge is 0.274 e. The van der Waals surface area contributed by atoms with E-state index in [1.807, 2.05) is 49.2 Å². The minimum atomic E-state index is -0.494. The van der Waals surface area contributed by atoms with Crippen molar-refractivity contribution in [2.45, 2.75) is 46.1 Å². The van der Waals surface area contributed by atoms with Crippen molar-refractivity contribution in [2.75, 3.05) is 6.54 Å². The summed E-state index contributed by atoms with van der Waals surface area (Å²) in [4.78, 5) is 30.2. The molecule has 1 aliphatic carbocycles. The molecule has 0 radical (unpaired) electrons. The van der Waals surface area contributed by atoms with Gasteiger partial charge in [-0.15, -0.1) is 0 Å². The first-order valence-electron chi connectivity index (χ1n) is 9.81. The number of aromatic nitrogens is 1. The number of hydroxylamine groups is 1. The van der Waals surface area contributed by atoms with Crippen LogP contribution in [0, 0.1) is 5.41 Å². The zero-order valence-corrected chi connectivity index (χ0v) is 16.4. The van der Waals surface area contributed by atoms with Crippen LogP contribution in [0.2, 0.25) is 0 Å². The SMILES string of the molecule is CC.O=C(NO)c1ccc2c(c1)CCC1(CC(=O)N(Cc3cccnc3)C1)C2. The number of rotatable bonds is 3. The highest BCUT2D eigenvalue weighted by Gasteiger charge is 2.44. The molecule has 2 aliphatic rings. The average molecular weight is 381 g/mol. The van der Waals surface area contributed by atoms with E-state index in [9.17, 15) is 9.59 Å². The minimum Gasteiger partial charge on any atom is -0.338 e. The normalized spacial score (nSPS) is 20.4. The van der Waals surface area contributed by atoms with Gasteiger partial charge in [-0.25, -0.2) is 5.48 Å². The van der Waals surface area contributed by atoms with Gasteiger partial charge in [0, 0.05) is 42.9 Å². The number of aryl methyl sites for hydroxylation is 1. The van der Waals surface area contributed by atoms with Crippen molar-refractivity contribution < 1.29 is 14.8 Å². The topological polar surface area (TPSA) is 82.5 Å². The van der Waals surface area contributed by atoms with E-state index in [0.717, 1.165) is 36.9 Å².